The van der Waals surface area contributed by atoms with Crippen molar-refractivity contribution in [2.45, 2.75) is 24.8 Å². The largest absolute Gasteiger partial charge is 0.501 e. The number of carbonyl (C=O) groups excluding carboxylic acids is 1. The molecule has 1 aliphatic carbocycles. The Kier molecular flexibility index (Phi) is 2.22. The zero-order chi connectivity index (χ0) is 13.0. The highest BCUT2D eigenvalue weighted by molar-refractivity contribution is 5.96. The summed E-state index contributed by atoms with van der Waals surface area (Å²) in [7, 11) is 1.70. The Balaban J connectivity index is 1.90. The molecule has 1 atom stereocenters. The minimum atomic E-state index is -0.263. The molecular formula is C15H17NO3. The van der Waals surface area contributed by atoms with Crippen molar-refractivity contribution in [3.8, 4) is 0 Å². The van der Waals surface area contributed by atoms with Crippen molar-refractivity contribution in [1.82, 2.24) is 4.90 Å². The van der Waals surface area contributed by atoms with Gasteiger partial charge in [-0.3, -0.25) is 4.90 Å². The van der Waals surface area contributed by atoms with Gasteiger partial charge in [0, 0.05) is 19.5 Å². The molecule has 0 N–H and O–H groups in total. The molecule has 0 aromatic heterocycles. The number of nitrogens with zero attached hydrogens (tertiary/aromatic N) is 1. The average molecular weight is 259 g/mol. The third-order valence-corrected chi connectivity index (χ3v) is 4.92. The molecule has 0 amide bonds. The molecule has 0 aromatic carbocycles. The molecule has 1 saturated heterocycles. The summed E-state index contributed by atoms with van der Waals surface area (Å²) in [6, 6.07) is 0. The molecule has 1 fully saturated rings. The number of methoxy groups -OCH3 is 1. The second kappa shape index (κ2) is 3.73. The maximum Gasteiger partial charge on any atom is 0.336 e. The zero-order valence-corrected chi connectivity index (χ0v) is 11.1. The van der Waals surface area contributed by atoms with Crippen LogP contribution in [-0.2, 0) is 14.3 Å². The van der Waals surface area contributed by atoms with E-state index in [0.29, 0.717) is 6.61 Å². The standard InChI is InChI=1S/C15H17NO3/c1-18-12-3-2-11-5-7-16-6-4-10-9-19-14(17)13(10)15(11,16)8-12/h2-3H,4-9H2,1H3. The van der Waals surface area contributed by atoms with E-state index >= 15 is 0 Å². The Morgan fingerprint density at radius 2 is 2.16 bits per heavy atom. The van der Waals surface area contributed by atoms with Crippen molar-refractivity contribution in [2.75, 3.05) is 26.8 Å². The minimum Gasteiger partial charge on any atom is -0.501 e. The molecule has 0 saturated carbocycles. The monoisotopic (exact) mass is 259 g/mol. The van der Waals surface area contributed by atoms with Gasteiger partial charge in [-0.05, 0) is 30.1 Å². The smallest absolute Gasteiger partial charge is 0.336 e. The van der Waals surface area contributed by atoms with Gasteiger partial charge >= 0.3 is 5.97 Å². The summed E-state index contributed by atoms with van der Waals surface area (Å²) in [5, 5.41) is 0. The normalized spacial score (nSPS) is 33.2. The SMILES string of the molecule is COC1=CC=C2CCN3CCC4=C(C(=O)OC4)C23C1. The molecule has 100 valence electrons. The molecule has 1 spiro atoms. The van der Waals surface area contributed by atoms with Gasteiger partial charge in [-0.15, -0.1) is 0 Å². The molecule has 4 rings (SSSR count). The summed E-state index contributed by atoms with van der Waals surface area (Å²) in [4.78, 5) is 14.6. The summed E-state index contributed by atoms with van der Waals surface area (Å²) in [5.41, 5.74) is 3.19. The maximum atomic E-state index is 12.2. The lowest BCUT2D eigenvalue weighted by Crippen LogP contribution is -2.52. The number of carbonyl (C=O) groups is 1. The molecule has 4 aliphatic rings. The highest BCUT2D eigenvalue weighted by Gasteiger charge is 2.56. The van der Waals surface area contributed by atoms with Crippen LogP contribution in [0.4, 0.5) is 0 Å². The Morgan fingerprint density at radius 3 is 3.00 bits per heavy atom. The third-order valence-electron chi connectivity index (χ3n) is 4.92. The number of allylic oxidation sites excluding steroid dienone is 2. The highest BCUT2D eigenvalue weighted by Crippen LogP contribution is 2.51. The van der Waals surface area contributed by atoms with Crippen LogP contribution in [0.5, 0.6) is 0 Å². The van der Waals surface area contributed by atoms with Gasteiger partial charge in [0.05, 0.1) is 24.0 Å². The topological polar surface area (TPSA) is 38.8 Å². The number of hydrogen-bond acceptors (Lipinski definition) is 4. The highest BCUT2D eigenvalue weighted by atomic mass is 16.5. The van der Waals surface area contributed by atoms with Gasteiger partial charge in [0.25, 0.3) is 0 Å². The van der Waals surface area contributed by atoms with Crippen LogP contribution in [0.25, 0.3) is 0 Å². The van der Waals surface area contributed by atoms with E-state index in [9.17, 15) is 4.79 Å². The van der Waals surface area contributed by atoms with E-state index in [2.05, 4.69) is 11.0 Å². The van der Waals surface area contributed by atoms with Crippen LogP contribution < -0.4 is 0 Å². The molecule has 19 heavy (non-hydrogen) atoms. The number of esters is 1. The number of hydrogen-bond donors (Lipinski definition) is 0. The van der Waals surface area contributed by atoms with Crippen molar-refractivity contribution in [2.24, 2.45) is 0 Å². The second-order valence-electron chi connectivity index (χ2n) is 5.61. The third kappa shape index (κ3) is 1.30. The fraction of sp³-hybridized carbons (Fsp3) is 0.533. The van der Waals surface area contributed by atoms with E-state index < -0.39 is 0 Å². The quantitative estimate of drug-likeness (QED) is 0.670. The number of rotatable bonds is 1. The zero-order valence-electron chi connectivity index (χ0n) is 11.1. The Hall–Kier alpha value is -1.55. The van der Waals surface area contributed by atoms with Crippen LogP contribution >= 0.6 is 0 Å². The van der Waals surface area contributed by atoms with E-state index in [0.717, 1.165) is 43.7 Å². The summed E-state index contributed by atoms with van der Waals surface area (Å²) in [6.45, 7) is 2.54. The molecule has 4 nitrogen and oxygen atoms in total. The molecule has 0 aromatic rings. The van der Waals surface area contributed by atoms with E-state index in [1.807, 2.05) is 6.08 Å². The Morgan fingerprint density at radius 1 is 1.32 bits per heavy atom. The first-order chi connectivity index (χ1) is 9.25. The van der Waals surface area contributed by atoms with Crippen LogP contribution in [0.1, 0.15) is 19.3 Å². The molecular weight excluding hydrogens is 242 g/mol. The lowest BCUT2D eigenvalue weighted by Gasteiger charge is -2.44. The minimum absolute atomic E-state index is 0.121. The van der Waals surface area contributed by atoms with Crippen LogP contribution in [0.3, 0.4) is 0 Å². The fourth-order valence-electron chi connectivity index (χ4n) is 4.03. The van der Waals surface area contributed by atoms with Crippen LogP contribution in [-0.4, -0.2) is 43.2 Å². The number of cyclic esters (lactones) is 1. The van der Waals surface area contributed by atoms with Crippen molar-refractivity contribution in [3.05, 3.63) is 34.6 Å². The Bertz CT molecular complexity index is 558. The van der Waals surface area contributed by atoms with Gasteiger partial charge in [-0.25, -0.2) is 4.79 Å². The molecule has 0 bridgehead atoms. The maximum absolute atomic E-state index is 12.2. The predicted molar refractivity (Wildman–Crippen MR) is 69.3 cm³/mol. The molecule has 3 aliphatic heterocycles. The Labute approximate surface area is 112 Å². The van der Waals surface area contributed by atoms with E-state index in [1.54, 1.807) is 7.11 Å². The fourth-order valence-corrected chi connectivity index (χ4v) is 4.03. The summed E-state index contributed by atoms with van der Waals surface area (Å²) < 4.78 is 10.7. The first-order valence-corrected chi connectivity index (χ1v) is 6.84. The number of ether oxygens (including phenoxy) is 2. The van der Waals surface area contributed by atoms with E-state index in [1.165, 1.54) is 11.1 Å². The van der Waals surface area contributed by atoms with Gasteiger partial charge < -0.3 is 9.47 Å². The van der Waals surface area contributed by atoms with Crippen molar-refractivity contribution >= 4 is 5.97 Å². The van der Waals surface area contributed by atoms with Crippen molar-refractivity contribution in [3.63, 3.8) is 0 Å². The van der Waals surface area contributed by atoms with E-state index in [-0.39, 0.29) is 11.5 Å². The van der Waals surface area contributed by atoms with Crippen LogP contribution in [0.15, 0.2) is 34.6 Å². The lowest BCUT2D eigenvalue weighted by molar-refractivity contribution is -0.137. The molecule has 4 heteroatoms. The van der Waals surface area contributed by atoms with Crippen LogP contribution in [0, 0.1) is 0 Å². The summed E-state index contributed by atoms with van der Waals surface area (Å²) in [5.74, 6) is 0.828. The first kappa shape index (κ1) is 11.3. The second-order valence-corrected chi connectivity index (χ2v) is 5.61. The summed E-state index contributed by atoms with van der Waals surface area (Å²) >= 11 is 0. The summed E-state index contributed by atoms with van der Waals surface area (Å²) in [6.07, 6.45) is 6.95. The molecule has 0 radical (unpaired) electrons. The van der Waals surface area contributed by atoms with Gasteiger partial charge in [-0.1, -0.05) is 6.08 Å². The lowest BCUT2D eigenvalue weighted by atomic mass is 9.73. The van der Waals surface area contributed by atoms with Gasteiger partial charge in [0.15, 0.2) is 0 Å². The van der Waals surface area contributed by atoms with Crippen LogP contribution in [0.2, 0.25) is 0 Å². The van der Waals surface area contributed by atoms with Gasteiger partial charge in [0.1, 0.15) is 6.61 Å². The van der Waals surface area contributed by atoms with E-state index in [4.69, 9.17) is 9.47 Å². The van der Waals surface area contributed by atoms with Gasteiger partial charge in [0.2, 0.25) is 0 Å². The first-order valence-electron chi connectivity index (χ1n) is 6.84. The van der Waals surface area contributed by atoms with Crippen molar-refractivity contribution < 1.29 is 14.3 Å². The molecule has 3 heterocycles. The van der Waals surface area contributed by atoms with Crippen molar-refractivity contribution in [1.29, 1.82) is 0 Å². The molecule has 1 unspecified atom stereocenters. The predicted octanol–water partition coefficient (Wildman–Crippen LogP) is 1.55. The average Bonchev–Trinajstić information content (AvgIpc) is 2.99. The van der Waals surface area contributed by atoms with Gasteiger partial charge in [-0.2, -0.15) is 0 Å².